The molecule has 0 saturated carbocycles. The number of fused-ring (bicyclic) bond motifs is 1. The summed E-state index contributed by atoms with van der Waals surface area (Å²) >= 11 is 6.12. The number of aromatic nitrogens is 2. The highest BCUT2D eigenvalue weighted by molar-refractivity contribution is 6.30. The number of anilines is 1. The molecule has 0 amide bonds. The summed E-state index contributed by atoms with van der Waals surface area (Å²) in [4.78, 5) is 9.57. The molecule has 3 rings (SSSR count). The molecule has 2 N–H and O–H groups in total. The van der Waals surface area contributed by atoms with E-state index in [4.69, 9.17) is 16.9 Å². The van der Waals surface area contributed by atoms with Crippen molar-refractivity contribution < 1.29 is 9.50 Å². The highest BCUT2D eigenvalue weighted by atomic mass is 35.5. The normalized spacial score (nSPS) is 13.5. The van der Waals surface area contributed by atoms with Crippen molar-refractivity contribution in [3.05, 3.63) is 45.5 Å². The molecular formula is C17H14ClFN6O. The lowest BCUT2D eigenvalue weighted by Crippen LogP contribution is -2.32. The number of aromatic hydroxyl groups is 1. The van der Waals surface area contributed by atoms with Gasteiger partial charge < -0.3 is 10.4 Å². The second kappa shape index (κ2) is 7.52. The molecule has 0 spiro atoms. The Bertz CT molecular complexity index is 936. The first-order chi connectivity index (χ1) is 12.5. The Labute approximate surface area is 154 Å². The topological polar surface area (TPSA) is 109 Å². The van der Waals surface area contributed by atoms with Gasteiger partial charge in [-0.3, -0.25) is 4.90 Å². The van der Waals surface area contributed by atoms with E-state index in [0.29, 0.717) is 30.9 Å². The number of pyridine rings is 2. The lowest BCUT2D eigenvalue weighted by atomic mass is 9.96. The highest BCUT2D eigenvalue weighted by Crippen LogP contribution is 2.32. The van der Waals surface area contributed by atoms with Gasteiger partial charge in [0.25, 0.3) is 0 Å². The van der Waals surface area contributed by atoms with Crippen LogP contribution in [0.5, 0.6) is 5.88 Å². The largest absolute Gasteiger partial charge is 0.493 e. The lowest BCUT2D eigenvalue weighted by molar-refractivity contribution is 0.240. The fraction of sp³-hybridized carbons (Fsp3) is 0.294. The van der Waals surface area contributed by atoms with E-state index >= 15 is 0 Å². The minimum Gasteiger partial charge on any atom is -0.493 e. The third kappa shape index (κ3) is 3.52. The van der Waals surface area contributed by atoms with Crippen LogP contribution in [0.4, 0.5) is 10.2 Å². The van der Waals surface area contributed by atoms with Crippen LogP contribution >= 0.6 is 11.6 Å². The summed E-state index contributed by atoms with van der Waals surface area (Å²) < 4.78 is 13.9. The zero-order valence-corrected chi connectivity index (χ0v) is 14.4. The van der Waals surface area contributed by atoms with Crippen LogP contribution in [-0.4, -0.2) is 33.1 Å². The Morgan fingerprint density at radius 3 is 2.81 bits per heavy atom. The van der Waals surface area contributed by atoms with Crippen molar-refractivity contribution >= 4 is 17.4 Å². The molecule has 0 aliphatic carbocycles. The molecule has 2 aromatic heterocycles. The Hall–Kier alpha value is -2.94. The quantitative estimate of drug-likeness (QED) is 0.626. The third-order valence-corrected chi connectivity index (χ3v) is 4.45. The minimum absolute atomic E-state index is 0.0750. The van der Waals surface area contributed by atoms with E-state index in [-0.39, 0.29) is 29.7 Å². The van der Waals surface area contributed by atoms with Gasteiger partial charge in [0.05, 0.1) is 11.6 Å². The van der Waals surface area contributed by atoms with Crippen molar-refractivity contribution in [2.75, 3.05) is 18.4 Å². The summed E-state index contributed by atoms with van der Waals surface area (Å²) in [6.07, 6.45) is 0.578. The molecule has 2 aromatic rings. The van der Waals surface area contributed by atoms with Gasteiger partial charge in [0.2, 0.25) is 11.8 Å². The van der Waals surface area contributed by atoms with Gasteiger partial charge in [-0.15, -0.1) is 0 Å². The van der Waals surface area contributed by atoms with Crippen LogP contribution in [0.1, 0.15) is 22.3 Å². The first-order valence-electron chi connectivity index (χ1n) is 7.82. The number of nitrogens with zero attached hydrogens (tertiary/aromatic N) is 5. The Morgan fingerprint density at radius 2 is 2.12 bits per heavy atom. The molecule has 0 unspecified atom stereocenters. The molecule has 7 nitrogen and oxygen atoms in total. The number of nitriles is 2. The SMILES string of the molecule is N#CCNc1nc(Cl)c(C#N)c2c1CCN(Cc1ccc(O)nc1F)C2. The van der Waals surface area contributed by atoms with Gasteiger partial charge in [-0.2, -0.15) is 19.9 Å². The predicted molar refractivity (Wildman–Crippen MR) is 91.7 cm³/mol. The first kappa shape index (κ1) is 17.9. The van der Waals surface area contributed by atoms with Gasteiger partial charge in [-0.25, -0.2) is 4.98 Å². The van der Waals surface area contributed by atoms with E-state index in [0.717, 1.165) is 11.1 Å². The van der Waals surface area contributed by atoms with Gasteiger partial charge in [-0.05, 0) is 18.1 Å². The average molecular weight is 373 g/mol. The van der Waals surface area contributed by atoms with Crippen molar-refractivity contribution in [2.24, 2.45) is 0 Å². The summed E-state index contributed by atoms with van der Waals surface area (Å²) in [6, 6.07) is 6.88. The molecule has 0 atom stereocenters. The van der Waals surface area contributed by atoms with Crippen molar-refractivity contribution in [1.29, 1.82) is 10.5 Å². The number of halogens is 2. The molecule has 132 valence electrons. The number of nitrogens with one attached hydrogen (secondary N) is 1. The molecule has 9 heteroatoms. The molecule has 1 aliphatic rings. The van der Waals surface area contributed by atoms with Gasteiger partial charge in [0.15, 0.2) is 0 Å². The molecular weight excluding hydrogens is 359 g/mol. The van der Waals surface area contributed by atoms with E-state index in [1.54, 1.807) is 0 Å². The zero-order valence-electron chi connectivity index (χ0n) is 13.6. The second-order valence-corrected chi connectivity index (χ2v) is 6.14. The fourth-order valence-electron chi connectivity index (χ4n) is 2.99. The van der Waals surface area contributed by atoms with Crippen molar-refractivity contribution in [3.8, 4) is 18.0 Å². The summed E-state index contributed by atoms with van der Waals surface area (Å²) in [7, 11) is 0. The predicted octanol–water partition coefficient (Wildman–Crippen LogP) is 2.34. The van der Waals surface area contributed by atoms with Crippen LogP contribution in [0.25, 0.3) is 0 Å². The Kier molecular flexibility index (Phi) is 5.17. The third-order valence-electron chi connectivity index (χ3n) is 4.18. The molecule has 26 heavy (non-hydrogen) atoms. The smallest absolute Gasteiger partial charge is 0.220 e. The molecule has 0 bridgehead atoms. The maximum atomic E-state index is 13.9. The summed E-state index contributed by atoms with van der Waals surface area (Å²) in [5, 5.41) is 30.4. The lowest BCUT2D eigenvalue weighted by Gasteiger charge is -2.30. The van der Waals surface area contributed by atoms with Crippen LogP contribution in [0.3, 0.4) is 0 Å². The summed E-state index contributed by atoms with van der Waals surface area (Å²) in [5.74, 6) is -0.587. The van der Waals surface area contributed by atoms with E-state index in [1.165, 1.54) is 12.1 Å². The standard InChI is InChI=1S/C17H14ClFN6O/c18-15-12(7-21)13-9-25(8-10-1-2-14(26)23-16(10)19)6-3-11(13)17(24-15)22-5-4-20/h1-2H,3,5-6,8-9H2,(H,22,24)(H,23,26). The van der Waals surface area contributed by atoms with Crippen molar-refractivity contribution in [3.63, 3.8) is 0 Å². The monoisotopic (exact) mass is 372 g/mol. The maximum Gasteiger partial charge on any atom is 0.220 e. The summed E-state index contributed by atoms with van der Waals surface area (Å²) in [5.41, 5.74) is 2.22. The maximum absolute atomic E-state index is 13.9. The molecule has 0 aromatic carbocycles. The molecule has 3 heterocycles. The van der Waals surface area contributed by atoms with Crippen LogP contribution in [0.15, 0.2) is 12.1 Å². The fourth-order valence-corrected chi connectivity index (χ4v) is 3.23. The van der Waals surface area contributed by atoms with Crippen LogP contribution in [0, 0.1) is 28.6 Å². The van der Waals surface area contributed by atoms with Crippen LogP contribution in [0.2, 0.25) is 5.15 Å². The average Bonchev–Trinajstić information content (AvgIpc) is 2.62. The van der Waals surface area contributed by atoms with E-state index < -0.39 is 5.95 Å². The summed E-state index contributed by atoms with van der Waals surface area (Å²) in [6.45, 7) is 1.37. The molecule has 0 radical (unpaired) electrons. The van der Waals surface area contributed by atoms with Crippen LogP contribution in [-0.2, 0) is 19.5 Å². The van der Waals surface area contributed by atoms with Gasteiger partial charge in [0.1, 0.15) is 23.6 Å². The van der Waals surface area contributed by atoms with E-state index in [2.05, 4.69) is 21.4 Å². The number of rotatable bonds is 4. The zero-order chi connectivity index (χ0) is 18.7. The minimum atomic E-state index is -0.722. The first-order valence-corrected chi connectivity index (χ1v) is 8.20. The van der Waals surface area contributed by atoms with E-state index in [1.807, 2.05) is 11.0 Å². The molecule has 0 fully saturated rings. The number of hydrogen-bond donors (Lipinski definition) is 2. The Morgan fingerprint density at radius 1 is 1.31 bits per heavy atom. The van der Waals surface area contributed by atoms with Crippen molar-refractivity contribution in [2.45, 2.75) is 19.5 Å². The van der Waals surface area contributed by atoms with Crippen molar-refractivity contribution in [1.82, 2.24) is 14.9 Å². The molecule has 0 saturated heterocycles. The van der Waals surface area contributed by atoms with E-state index in [9.17, 15) is 14.8 Å². The second-order valence-electron chi connectivity index (χ2n) is 5.79. The van der Waals surface area contributed by atoms with Crippen LogP contribution < -0.4 is 5.32 Å². The van der Waals surface area contributed by atoms with Gasteiger partial charge in [-0.1, -0.05) is 11.6 Å². The van der Waals surface area contributed by atoms with Gasteiger partial charge in [0, 0.05) is 36.8 Å². The number of hydrogen-bond acceptors (Lipinski definition) is 7. The Balaban J connectivity index is 1.90. The van der Waals surface area contributed by atoms with Gasteiger partial charge >= 0.3 is 0 Å². The molecule has 1 aliphatic heterocycles. The highest BCUT2D eigenvalue weighted by Gasteiger charge is 2.25.